The van der Waals surface area contributed by atoms with Crippen LogP contribution in [0.1, 0.15) is 38.7 Å². The molecule has 0 radical (unpaired) electrons. The molecule has 0 amide bonds. The Hall–Kier alpha value is -0.510. The first-order valence-electron chi connectivity index (χ1n) is 7.15. The van der Waals surface area contributed by atoms with Crippen molar-refractivity contribution < 1.29 is 5.11 Å². The molecule has 0 saturated carbocycles. The third-order valence-electron chi connectivity index (χ3n) is 3.43. The maximum absolute atomic E-state index is 9.42. The number of aliphatic hydroxyl groups excluding tert-OH is 1. The normalized spacial score (nSPS) is 14.3. The van der Waals surface area contributed by atoms with Gasteiger partial charge in [0.1, 0.15) is 0 Å². The molecule has 3 heteroatoms. The van der Waals surface area contributed by atoms with Crippen LogP contribution in [0.5, 0.6) is 0 Å². The minimum Gasteiger partial charge on any atom is -0.394 e. The van der Waals surface area contributed by atoms with E-state index in [0.717, 1.165) is 25.1 Å². The van der Waals surface area contributed by atoms with Crippen molar-refractivity contribution in [1.29, 1.82) is 0 Å². The molecule has 1 atom stereocenters. The van der Waals surface area contributed by atoms with Crippen molar-refractivity contribution in [1.82, 2.24) is 5.32 Å². The van der Waals surface area contributed by atoms with Gasteiger partial charge in [-0.2, -0.15) is 0 Å². The largest absolute Gasteiger partial charge is 0.394 e. The monoisotopic (exact) mass is 281 g/mol. The fourth-order valence-electron chi connectivity index (χ4n) is 2.17. The van der Waals surface area contributed by atoms with Crippen molar-refractivity contribution in [3.63, 3.8) is 0 Å². The van der Waals surface area contributed by atoms with Gasteiger partial charge in [0.05, 0.1) is 6.61 Å². The van der Waals surface area contributed by atoms with Gasteiger partial charge in [-0.05, 0) is 50.6 Å². The molecule has 1 aromatic carbocycles. The van der Waals surface area contributed by atoms with Crippen molar-refractivity contribution in [3.05, 3.63) is 29.8 Å². The van der Waals surface area contributed by atoms with Gasteiger partial charge < -0.3 is 10.4 Å². The fourth-order valence-corrected chi connectivity index (χ4v) is 3.21. The lowest BCUT2D eigenvalue weighted by molar-refractivity contribution is 0.165. The van der Waals surface area contributed by atoms with Crippen LogP contribution in [0.3, 0.4) is 0 Å². The molecule has 2 N–H and O–H groups in total. The molecule has 1 rings (SSSR count). The molecular formula is C16H27NOS. The van der Waals surface area contributed by atoms with Crippen LogP contribution in [0.25, 0.3) is 0 Å². The number of hydrogen-bond donors (Lipinski definition) is 2. The Kier molecular flexibility index (Phi) is 7.51. The minimum absolute atomic E-state index is 0.109. The van der Waals surface area contributed by atoms with Gasteiger partial charge in [0.25, 0.3) is 0 Å². The lowest BCUT2D eigenvalue weighted by Gasteiger charge is -2.28. The van der Waals surface area contributed by atoms with E-state index in [1.54, 1.807) is 0 Å². The zero-order valence-electron chi connectivity index (χ0n) is 12.4. The first kappa shape index (κ1) is 16.5. The highest BCUT2D eigenvalue weighted by Gasteiger charge is 2.20. The molecule has 0 spiro atoms. The average molecular weight is 281 g/mol. The van der Waals surface area contributed by atoms with Crippen molar-refractivity contribution in [2.75, 3.05) is 18.9 Å². The highest BCUT2D eigenvalue weighted by molar-refractivity contribution is 7.99. The molecule has 0 aromatic heterocycles. The maximum Gasteiger partial charge on any atom is 0.0610 e. The third-order valence-corrected chi connectivity index (χ3v) is 4.69. The highest BCUT2D eigenvalue weighted by atomic mass is 32.2. The first-order valence-corrected chi connectivity index (χ1v) is 8.14. The summed E-state index contributed by atoms with van der Waals surface area (Å²) < 4.78 is 0. The van der Waals surface area contributed by atoms with Crippen molar-refractivity contribution in [2.24, 2.45) is 0 Å². The summed E-state index contributed by atoms with van der Waals surface area (Å²) in [7, 11) is 0. The van der Waals surface area contributed by atoms with Crippen molar-refractivity contribution >= 4 is 11.8 Å². The van der Waals surface area contributed by atoms with Crippen LogP contribution in [0.2, 0.25) is 0 Å². The smallest absolute Gasteiger partial charge is 0.0610 e. The van der Waals surface area contributed by atoms with Crippen LogP contribution < -0.4 is 5.32 Å². The second-order valence-corrected chi connectivity index (χ2v) is 6.46. The Labute approximate surface area is 122 Å². The summed E-state index contributed by atoms with van der Waals surface area (Å²) in [6.07, 6.45) is 3.38. The molecule has 1 aromatic rings. The number of benzene rings is 1. The second kappa shape index (κ2) is 8.62. The zero-order valence-corrected chi connectivity index (χ0v) is 13.2. The summed E-state index contributed by atoms with van der Waals surface area (Å²) in [5, 5.41) is 12.8. The van der Waals surface area contributed by atoms with Crippen molar-refractivity contribution in [2.45, 2.75) is 50.5 Å². The first-order chi connectivity index (χ1) is 9.11. The van der Waals surface area contributed by atoms with Gasteiger partial charge in [0.2, 0.25) is 0 Å². The predicted octanol–water partition coefficient (Wildman–Crippen LogP) is 3.62. The van der Waals surface area contributed by atoms with E-state index in [1.165, 1.54) is 16.9 Å². The van der Waals surface area contributed by atoms with Gasteiger partial charge in [-0.25, -0.2) is 0 Å². The summed E-state index contributed by atoms with van der Waals surface area (Å²) in [5.41, 5.74) is 1.25. The molecule has 0 saturated heterocycles. The van der Waals surface area contributed by atoms with Gasteiger partial charge in [-0.15, -0.1) is 11.8 Å². The topological polar surface area (TPSA) is 32.3 Å². The molecule has 2 nitrogen and oxygen atoms in total. The second-order valence-electron chi connectivity index (χ2n) is 5.32. The number of rotatable bonds is 9. The fraction of sp³-hybridized carbons (Fsp3) is 0.625. The zero-order chi connectivity index (χ0) is 14.1. The lowest BCUT2D eigenvalue weighted by atomic mass is 9.96. The van der Waals surface area contributed by atoms with Gasteiger partial charge in [-0.1, -0.05) is 31.5 Å². The minimum atomic E-state index is -0.109. The van der Waals surface area contributed by atoms with Gasteiger partial charge in [0.15, 0.2) is 0 Å². The maximum atomic E-state index is 9.42. The van der Waals surface area contributed by atoms with Crippen LogP contribution in [0.15, 0.2) is 29.2 Å². The highest BCUT2D eigenvalue weighted by Crippen LogP contribution is 2.23. The molecule has 0 fully saturated rings. The predicted molar refractivity (Wildman–Crippen MR) is 84.9 cm³/mol. The number of aliphatic hydroxyl groups is 1. The quantitative estimate of drug-likeness (QED) is 0.535. The Morgan fingerprint density at radius 2 is 2.00 bits per heavy atom. The van der Waals surface area contributed by atoms with Crippen molar-refractivity contribution in [3.8, 4) is 0 Å². The van der Waals surface area contributed by atoms with E-state index in [0.29, 0.717) is 0 Å². The molecule has 1 unspecified atom stereocenters. The number of unbranched alkanes of at least 4 members (excludes halogenated alkanes) is 1. The number of nitrogens with one attached hydrogen (secondary N) is 1. The molecule has 0 heterocycles. The number of likely N-dealkylation sites (N-methyl/N-ethyl adjacent to an activating group) is 1. The third kappa shape index (κ3) is 5.98. The van der Waals surface area contributed by atoms with Crippen LogP contribution in [-0.2, 0) is 0 Å². The Bertz CT molecular complexity index is 370. The molecule has 0 bridgehead atoms. The molecule has 19 heavy (non-hydrogen) atoms. The summed E-state index contributed by atoms with van der Waals surface area (Å²) >= 11 is 1.94. The summed E-state index contributed by atoms with van der Waals surface area (Å²) in [4.78, 5) is 1.39. The van der Waals surface area contributed by atoms with E-state index in [1.807, 2.05) is 11.8 Å². The van der Waals surface area contributed by atoms with E-state index in [2.05, 4.69) is 50.4 Å². The molecule has 108 valence electrons. The standard InChI is InChI=1S/C16H27NOS/c1-4-17-16(3,13-18)11-7-8-12-19-15-10-6-5-9-14(15)2/h5-6,9-10,17-18H,4,7-8,11-13H2,1-3H3. The van der Waals surface area contributed by atoms with E-state index in [4.69, 9.17) is 0 Å². The van der Waals surface area contributed by atoms with Crippen LogP contribution in [-0.4, -0.2) is 29.5 Å². The van der Waals surface area contributed by atoms with Gasteiger partial charge in [0, 0.05) is 10.4 Å². The molecular weight excluding hydrogens is 254 g/mol. The summed E-state index contributed by atoms with van der Waals surface area (Å²) in [6, 6.07) is 8.54. The Balaban J connectivity index is 2.23. The van der Waals surface area contributed by atoms with E-state index < -0.39 is 0 Å². The molecule has 0 aliphatic carbocycles. The SMILES string of the molecule is CCNC(C)(CO)CCCCSc1ccccc1C. The van der Waals surface area contributed by atoms with E-state index in [-0.39, 0.29) is 12.1 Å². The lowest BCUT2D eigenvalue weighted by Crippen LogP contribution is -2.45. The summed E-state index contributed by atoms with van der Waals surface area (Å²) in [5.74, 6) is 1.15. The van der Waals surface area contributed by atoms with Crippen LogP contribution in [0.4, 0.5) is 0 Å². The Morgan fingerprint density at radius 3 is 2.63 bits per heavy atom. The van der Waals surface area contributed by atoms with E-state index in [9.17, 15) is 5.11 Å². The van der Waals surface area contributed by atoms with E-state index >= 15 is 0 Å². The Morgan fingerprint density at radius 1 is 1.26 bits per heavy atom. The molecule has 0 aliphatic rings. The van der Waals surface area contributed by atoms with Gasteiger partial charge >= 0.3 is 0 Å². The van der Waals surface area contributed by atoms with Crippen LogP contribution >= 0.6 is 11.8 Å². The number of aryl methyl sites for hydroxylation is 1. The summed E-state index contributed by atoms with van der Waals surface area (Å²) in [6.45, 7) is 7.48. The molecule has 0 aliphatic heterocycles. The number of hydrogen-bond acceptors (Lipinski definition) is 3. The average Bonchev–Trinajstić information content (AvgIpc) is 2.41. The van der Waals surface area contributed by atoms with Crippen LogP contribution in [0, 0.1) is 6.92 Å². The van der Waals surface area contributed by atoms with Gasteiger partial charge in [-0.3, -0.25) is 0 Å². The number of thioether (sulfide) groups is 1.